The van der Waals surface area contributed by atoms with Crippen LogP contribution in [-0.4, -0.2) is 101 Å². The van der Waals surface area contributed by atoms with Crippen LogP contribution >= 0.6 is 0 Å². The number of Topliss-reactive ketones (excluding diaryl/α,β-unsaturated/α-hetero) is 1. The minimum atomic E-state index is -0.992. The fraction of sp³-hybridized carbons (Fsp3) is 0.731. The summed E-state index contributed by atoms with van der Waals surface area (Å²) in [5, 5.41) is 12.0. The molecular formula is C26H42N2O10. The second kappa shape index (κ2) is 14.9. The Labute approximate surface area is 224 Å². The molecule has 0 aromatic carbocycles. The van der Waals surface area contributed by atoms with Gasteiger partial charge < -0.3 is 24.2 Å². The Morgan fingerprint density at radius 1 is 0.789 bits per heavy atom. The topological polar surface area (TPSA) is 149 Å². The lowest BCUT2D eigenvalue weighted by atomic mass is 9.78. The molecule has 1 fully saturated rings. The van der Waals surface area contributed by atoms with Gasteiger partial charge in [-0.05, 0) is 47.5 Å². The van der Waals surface area contributed by atoms with Crippen LogP contribution in [-0.2, 0) is 42.9 Å². The van der Waals surface area contributed by atoms with E-state index in [0.29, 0.717) is 19.4 Å². The molecular weight excluding hydrogens is 500 g/mol. The summed E-state index contributed by atoms with van der Waals surface area (Å²) in [5.74, 6) is -3.29. The number of carbonyl (C=O) groups is 5. The largest absolute Gasteiger partial charge is 0.462 e. The maximum absolute atomic E-state index is 12.3. The zero-order valence-corrected chi connectivity index (χ0v) is 23.4. The van der Waals surface area contributed by atoms with Gasteiger partial charge in [0.15, 0.2) is 0 Å². The van der Waals surface area contributed by atoms with Crippen molar-refractivity contribution in [2.24, 2.45) is 0 Å². The average molecular weight is 543 g/mol. The highest BCUT2D eigenvalue weighted by Crippen LogP contribution is 2.38. The van der Waals surface area contributed by atoms with Crippen molar-refractivity contribution >= 4 is 29.7 Å². The fourth-order valence-electron chi connectivity index (χ4n) is 4.37. The van der Waals surface area contributed by atoms with Gasteiger partial charge in [0.25, 0.3) is 0 Å². The summed E-state index contributed by atoms with van der Waals surface area (Å²) in [7, 11) is 0. The number of esters is 4. The van der Waals surface area contributed by atoms with Gasteiger partial charge in [-0.25, -0.2) is 9.59 Å². The van der Waals surface area contributed by atoms with Gasteiger partial charge in [0.2, 0.25) is 5.78 Å². The number of rotatable bonds is 15. The second-order valence-corrected chi connectivity index (χ2v) is 10.6. The zero-order chi connectivity index (χ0) is 29.1. The summed E-state index contributed by atoms with van der Waals surface area (Å²) < 4.78 is 19.8. The molecule has 0 atom stereocenters. The number of hydrogen-bond donors (Lipinski definition) is 1. The number of ether oxygens (including phenoxy) is 4. The lowest BCUT2D eigenvalue weighted by Gasteiger charge is -2.53. The number of hydroxylamine groups is 2. The first-order chi connectivity index (χ1) is 17.6. The van der Waals surface area contributed by atoms with E-state index in [4.69, 9.17) is 14.2 Å². The predicted molar refractivity (Wildman–Crippen MR) is 135 cm³/mol. The third kappa shape index (κ3) is 11.3. The Morgan fingerprint density at radius 3 is 1.58 bits per heavy atom. The van der Waals surface area contributed by atoms with E-state index in [0.717, 1.165) is 6.92 Å². The van der Waals surface area contributed by atoms with E-state index in [9.17, 15) is 29.2 Å². The van der Waals surface area contributed by atoms with Gasteiger partial charge >= 0.3 is 23.9 Å². The molecule has 1 aliphatic heterocycles. The molecule has 1 aliphatic rings. The molecule has 0 amide bonds. The van der Waals surface area contributed by atoms with Crippen molar-refractivity contribution in [2.75, 3.05) is 39.5 Å². The fourth-order valence-corrected chi connectivity index (χ4v) is 4.37. The van der Waals surface area contributed by atoms with Gasteiger partial charge in [-0.2, -0.15) is 5.06 Å². The summed E-state index contributed by atoms with van der Waals surface area (Å²) in [6.45, 7) is 13.8. The molecule has 1 saturated heterocycles. The van der Waals surface area contributed by atoms with Crippen molar-refractivity contribution in [3.8, 4) is 0 Å². The van der Waals surface area contributed by atoms with Crippen LogP contribution in [0.3, 0.4) is 0 Å². The van der Waals surface area contributed by atoms with E-state index in [1.807, 2.05) is 32.6 Å². The van der Waals surface area contributed by atoms with Crippen LogP contribution in [0.15, 0.2) is 12.2 Å². The first-order valence-electron chi connectivity index (χ1n) is 12.6. The summed E-state index contributed by atoms with van der Waals surface area (Å²) in [5.41, 5.74) is -0.832. The molecule has 0 aromatic heterocycles. The van der Waals surface area contributed by atoms with Crippen LogP contribution in [0.25, 0.3) is 0 Å². The van der Waals surface area contributed by atoms with Gasteiger partial charge in [-0.15, -0.1) is 0 Å². The van der Waals surface area contributed by atoms with Crippen LogP contribution in [0.4, 0.5) is 0 Å². The standard InChI is InChI=1S/C26H42N2O10/c1-18(2)23(32)37-14-12-35-21(30)8-10-27(20-16-25(4,5)28(34)26(6,7)17-20)11-9-22(31)36-13-15-38-24(33)19(3)29/h20,34H,1,8-17H2,2-7H3. The van der Waals surface area contributed by atoms with E-state index in [-0.39, 0.29) is 57.4 Å². The molecule has 0 aromatic rings. The molecule has 0 radical (unpaired) electrons. The van der Waals surface area contributed by atoms with E-state index < -0.39 is 40.7 Å². The van der Waals surface area contributed by atoms with Gasteiger partial charge in [-0.1, -0.05) is 6.58 Å². The summed E-state index contributed by atoms with van der Waals surface area (Å²) >= 11 is 0. The minimum Gasteiger partial charge on any atom is -0.462 e. The highest BCUT2D eigenvalue weighted by atomic mass is 16.6. The number of nitrogens with zero attached hydrogens (tertiary/aromatic N) is 2. The lowest BCUT2D eigenvalue weighted by molar-refractivity contribution is -0.252. The minimum absolute atomic E-state index is 0.0206. The third-order valence-electron chi connectivity index (χ3n) is 6.13. The van der Waals surface area contributed by atoms with Crippen molar-refractivity contribution < 1.29 is 48.1 Å². The monoisotopic (exact) mass is 542 g/mol. The molecule has 0 spiro atoms. The molecule has 0 aliphatic carbocycles. The Balaban J connectivity index is 2.70. The highest BCUT2D eigenvalue weighted by Gasteiger charge is 2.46. The van der Waals surface area contributed by atoms with E-state index in [1.165, 1.54) is 12.0 Å². The van der Waals surface area contributed by atoms with Crippen LogP contribution < -0.4 is 0 Å². The molecule has 12 heteroatoms. The molecule has 1 rings (SSSR count). The lowest BCUT2D eigenvalue weighted by Crippen LogP contribution is -2.63. The molecule has 0 bridgehead atoms. The summed E-state index contributed by atoms with van der Waals surface area (Å²) in [4.78, 5) is 60.1. The number of carbonyl (C=O) groups excluding carboxylic acids is 5. The Kier molecular flexibility index (Phi) is 13.0. The molecule has 0 saturated carbocycles. The zero-order valence-electron chi connectivity index (χ0n) is 23.4. The molecule has 0 unspecified atom stereocenters. The van der Waals surface area contributed by atoms with Crippen LogP contribution in [0.2, 0.25) is 0 Å². The van der Waals surface area contributed by atoms with Crippen molar-refractivity contribution in [1.82, 2.24) is 9.96 Å². The third-order valence-corrected chi connectivity index (χ3v) is 6.13. The normalized spacial score (nSPS) is 16.9. The van der Waals surface area contributed by atoms with Gasteiger partial charge in [-0.3, -0.25) is 19.3 Å². The predicted octanol–water partition coefficient (Wildman–Crippen LogP) is 1.82. The molecule has 1 N–H and O–H groups in total. The van der Waals surface area contributed by atoms with Gasteiger partial charge in [0.05, 0.1) is 12.8 Å². The summed E-state index contributed by atoms with van der Waals surface area (Å²) in [6, 6.07) is -0.0444. The van der Waals surface area contributed by atoms with Crippen LogP contribution in [0, 0.1) is 0 Å². The quantitative estimate of drug-likeness (QED) is 0.106. The Morgan fingerprint density at radius 2 is 1.18 bits per heavy atom. The number of piperidine rings is 1. The van der Waals surface area contributed by atoms with E-state index in [2.05, 4.69) is 11.3 Å². The van der Waals surface area contributed by atoms with Crippen molar-refractivity contribution in [3.05, 3.63) is 12.2 Å². The molecule has 1 heterocycles. The Hall–Kier alpha value is -2.83. The Bertz CT molecular complexity index is 815. The molecule has 12 nitrogen and oxygen atoms in total. The number of ketones is 1. The average Bonchev–Trinajstić information content (AvgIpc) is 2.81. The van der Waals surface area contributed by atoms with Crippen molar-refractivity contribution in [2.45, 2.75) is 84.3 Å². The van der Waals surface area contributed by atoms with Crippen LogP contribution in [0.5, 0.6) is 0 Å². The summed E-state index contributed by atoms with van der Waals surface area (Å²) in [6.07, 6.45) is 1.25. The first kappa shape index (κ1) is 33.2. The second-order valence-electron chi connectivity index (χ2n) is 10.6. The van der Waals surface area contributed by atoms with Crippen LogP contribution in [0.1, 0.15) is 67.2 Å². The number of hydrogen-bond acceptors (Lipinski definition) is 12. The highest BCUT2D eigenvalue weighted by molar-refractivity contribution is 6.32. The van der Waals surface area contributed by atoms with E-state index >= 15 is 0 Å². The van der Waals surface area contributed by atoms with Gasteiger partial charge in [0, 0.05) is 42.7 Å². The molecule has 216 valence electrons. The maximum atomic E-state index is 12.3. The van der Waals surface area contributed by atoms with Crippen molar-refractivity contribution in [1.29, 1.82) is 0 Å². The van der Waals surface area contributed by atoms with E-state index in [1.54, 1.807) is 0 Å². The molecule has 38 heavy (non-hydrogen) atoms. The van der Waals surface area contributed by atoms with Gasteiger partial charge in [0.1, 0.15) is 26.4 Å². The SMILES string of the molecule is C=C(C)C(=O)OCCOC(=O)CCN(CCC(=O)OCCOC(=O)C(C)=O)C1CC(C)(C)N(O)C(C)(C)C1. The maximum Gasteiger partial charge on any atom is 0.374 e. The van der Waals surface area contributed by atoms with Crippen molar-refractivity contribution in [3.63, 3.8) is 0 Å². The smallest absolute Gasteiger partial charge is 0.374 e. The first-order valence-corrected chi connectivity index (χ1v) is 12.6.